The molecule has 2 fully saturated rings. The van der Waals surface area contributed by atoms with Gasteiger partial charge in [0.05, 0.1) is 17.2 Å². The van der Waals surface area contributed by atoms with E-state index in [9.17, 15) is 9.59 Å². The van der Waals surface area contributed by atoms with Crippen molar-refractivity contribution >= 4 is 29.4 Å². The fraction of sp³-hybridized carbons (Fsp3) is 0.812. The second-order valence-electron chi connectivity index (χ2n) is 6.37. The summed E-state index contributed by atoms with van der Waals surface area (Å²) >= 11 is 1.76. The first-order chi connectivity index (χ1) is 11.4. The number of thioether (sulfide) groups is 1. The largest absolute Gasteiger partial charge is 0.465 e. The molecule has 2 aliphatic heterocycles. The molecule has 0 radical (unpaired) electrons. The summed E-state index contributed by atoms with van der Waals surface area (Å²) in [6, 6.07) is -0.249. The van der Waals surface area contributed by atoms with Gasteiger partial charge in [0.1, 0.15) is 6.04 Å². The molecule has 7 nitrogen and oxygen atoms in total. The molecule has 2 saturated heterocycles. The van der Waals surface area contributed by atoms with E-state index in [4.69, 9.17) is 9.57 Å². The second-order valence-corrected chi connectivity index (χ2v) is 7.77. The van der Waals surface area contributed by atoms with Crippen LogP contribution in [-0.2, 0) is 19.2 Å². The lowest BCUT2D eigenvalue weighted by Gasteiger charge is -2.39. The molecule has 1 amide bonds. The van der Waals surface area contributed by atoms with Crippen LogP contribution in [0.15, 0.2) is 5.16 Å². The number of likely N-dealkylation sites (tertiary alicyclic amines) is 1. The van der Waals surface area contributed by atoms with Crippen molar-refractivity contribution in [2.75, 3.05) is 25.4 Å². The number of ether oxygens (including phenoxy) is 1. The number of rotatable bonds is 5. The van der Waals surface area contributed by atoms with Crippen molar-refractivity contribution in [1.82, 2.24) is 10.2 Å². The van der Waals surface area contributed by atoms with Crippen LogP contribution in [-0.4, -0.2) is 65.0 Å². The van der Waals surface area contributed by atoms with Crippen molar-refractivity contribution in [2.45, 2.75) is 57.6 Å². The molecule has 136 valence electrons. The minimum absolute atomic E-state index is 0.0419. The van der Waals surface area contributed by atoms with E-state index in [0.29, 0.717) is 19.7 Å². The zero-order valence-electron chi connectivity index (χ0n) is 14.8. The Morgan fingerprint density at radius 3 is 2.62 bits per heavy atom. The van der Waals surface area contributed by atoms with Crippen LogP contribution in [0.1, 0.15) is 40.5 Å². The summed E-state index contributed by atoms with van der Waals surface area (Å²) < 4.78 is 5.09. The first-order valence-corrected chi connectivity index (χ1v) is 9.39. The third kappa shape index (κ3) is 4.63. The monoisotopic (exact) mass is 357 g/mol. The summed E-state index contributed by atoms with van der Waals surface area (Å²) in [5.74, 6) is 0.492. The van der Waals surface area contributed by atoms with Gasteiger partial charge in [-0.15, -0.1) is 11.8 Å². The number of nitrogens with zero attached hydrogens (tertiary/aromatic N) is 2. The number of oxime groups is 1. The predicted molar refractivity (Wildman–Crippen MR) is 93.9 cm³/mol. The molecular weight excluding hydrogens is 330 g/mol. The minimum atomic E-state index is -0.578. The van der Waals surface area contributed by atoms with Crippen LogP contribution in [0.3, 0.4) is 0 Å². The molecule has 2 aliphatic rings. The lowest BCUT2D eigenvalue weighted by molar-refractivity contribution is -0.146. The molecular formula is C16H27N3O4S. The summed E-state index contributed by atoms with van der Waals surface area (Å²) in [4.78, 5) is 31.2. The Morgan fingerprint density at radius 1 is 1.38 bits per heavy atom. The molecule has 1 spiro atoms. The summed E-state index contributed by atoms with van der Waals surface area (Å²) in [6.45, 7) is 8.88. The topological polar surface area (TPSA) is 80.2 Å². The first-order valence-electron chi connectivity index (χ1n) is 8.41. The summed E-state index contributed by atoms with van der Waals surface area (Å²) in [5.41, 5.74) is 0.781. The fourth-order valence-corrected chi connectivity index (χ4v) is 4.28. The van der Waals surface area contributed by atoms with Gasteiger partial charge in [0.15, 0.2) is 0 Å². The maximum Gasteiger partial charge on any atom is 0.324 e. The predicted octanol–water partition coefficient (Wildman–Crippen LogP) is 1.37. The zero-order valence-corrected chi connectivity index (χ0v) is 15.6. The number of amides is 1. The molecule has 0 aliphatic carbocycles. The van der Waals surface area contributed by atoms with Crippen molar-refractivity contribution in [3.05, 3.63) is 0 Å². The number of piperidine rings is 1. The molecule has 0 bridgehead atoms. The number of esters is 1. The standard InChI is InChI=1S/C16H27N3O4S/c1-5-22-15(21)13-10-24-16(17-13)6-8-19(9-7-16)14(20)12(4)23-18-11(2)3/h12-13,17H,5-10H2,1-4H3/t12?,13-/m0/s1. The van der Waals surface area contributed by atoms with Crippen LogP contribution >= 0.6 is 11.8 Å². The number of carbonyl (C=O) groups is 2. The molecule has 0 aromatic carbocycles. The molecule has 2 heterocycles. The van der Waals surface area contributed by atoms with Gasteiger partial charge in [-0.25, -0.2) is 0 Å². The van der Waals surface area contributed by atoms with Crippen LogP contribution in [0.2, 0.25) is 0 Å². The van der Waals surface area contributed by atoms with Gasteiger partial charge < -0.3 is 14.5 Å². The third-order valence-corrected chi connectivity index (χ3v) is 5.74. The van der Waals surface area contributed by atoms with Crippen LogP contribution in [0, 0.1) is 0 Å². The van der Waals surface area contributed by atoms with E-state index in [0.717, 1.165) is 24.3 Å². The van der Waals surface area contributed by atoms with Gasteiger partial charge in [-0.3, -0.25) is 14.9 Å². The summed E-state index contributed by atoms with van der Waals surface area (Å²) in [7, 11) is 0. The average Bonchev–Trinajstić information content (AvgIpc) is 2.97. The lowest BCUT2D eigenvalue weighted by atomic mass is 10.0. The molecule has 2 atom stereocenters. The van der Waals surface area contributed by atoms with Gasteiger partial charge in [0.25, 0.3) is 5.91 Å². The smallest absolute Gasteiger partial charge is 0.324 e. The van der Waals surface area contributed by atoms with Gasteiger partial charge in [-0.1, -0.05) is 5.16 Å². The quantitative estimate of drug-likeness (QED) is 0.455. The highest BCUT2D eigenvalue weighted by atomic mass is 32.2. The molecule has 1 N–H and O–H groups in total. The Morgan fingerprint density at radius 2 is 2.04 bits per heavy atom. The Hall–Kier alpha value is -1.28. The first kappa shape index (κ1) is 19.1. The highest BCUT2D eigenvalue weighted by Gasteiger charge is 2.45. The van der Waals surface area contributed by atoms with Crippen molar-refractivity contribution in [2.24, 2.45) is 5.16 Å². The number of nitrogens with one attached hydrogen (secondary N) is 1. The molecule has 0 aromatic heterocycles. The zero-order chi connectivity index (χ0) is 17.7. The van der Waals surface area contributed by atoms with E-state index in [1.54, 1.807) is 18.7 Å². The molecule has 1 unspecified atom stereocenters. The van der Waals surface area contributed by atoms with Crippen LogP contribution in [0.4, 0.5) is 0 Å². The van der Waals surface area contributed by atoms with Crippen LogP contribution in [0.25, 0.3) is 0 Å². The van der Waals surface area contributed by atoms with E-state index >= 15 is 0 Å². The van der Waals surface area contributed by atoms with Crippen molar-refractivity contribution < 1.29 is 19.2 Å². The van der Waals surface area contributed by atoms with Gasteiger partial charge in [-0.05, 0) is 40.5 Å². The SMILES string of the molecule is CCOC(=O)[C@@H]1CSC2(CCN(C(=O)C(C)ON=C(C)C)CC2)N1. The van der Waals surface area contributed by atoms with Crippen molar-refractivity contribution in [1.29, 1.82) is 0 Å². The normalized spacial score (nSPS) is 23.7. The van der Waals surface area contributed by atoms with Gasteiger partial charge in [0.2, 0.25) is 6.10 Å². The Bertz CT molecular complexity index is 500. The number of hydrogen-bond acceptors (Lipinski definition) is 7. The minimum Gasteiger partial charge on any atom is -0.465 e. The van der Waals surface area contributed by atoms with Crippen molar-refractivity contribution in [3.63, 3.8) is 0 Å². The summed E-state index contributed by atoms with van der Waals surface area (Å²) in [6.07, 6.45) is 1.04. The third-order valence-electron chi connectivity index (χ3n) is 4.16. The Labute approximate surface area is 147 Å². The fourth-order valence-electron chi connectivity index (χ4n) is 2.88. The van der Waals surface area contributed by atoms with Gasteiger partial charge in [-0.2, -0.15) is 0 Å². The molecule has 8 heteroatoms. The lowest BCUT2D eigenvalue weighted by Crippen LogP contribution is -2.54. The van der Waals surface area contributed by atoms with E-state index in [1.165, 1.54) is 0 Å². The van der Waals surface area contributed by atoms with E-state index in [-0.39, 0.29) is 22.8 Å². The number of carbonyl (C=O) groups excluding carboxylic acids is 2. The van der Waals surface area contributed by atoms with Gasteiger partial charge >= 0.3 is 5.97 Å². The van der Waals surface area contributed by atoms with E-state index in [1.807, 2.05) is 25.7 Å². The highest BCUT2D eigenvalue weighted by Crippen LogP contribution is 2.39. The molecule has 24 heavy (non-hydrogen) atoms. The Kier molecular flexibility index (Phi) is 6.51. The van der Waals surface area contributed by atoms with Gasteiger partial charge in [0, 0.05) is 18.8 Å². The number of hydrogen-bond donors (Lipinski definition) is 1. The molecule has 0 aromatic rings. The average molecular weight is 357 g/mol. The second kappa shape index (κ2) is 8.20. The highest BCUT2D eigenvalue weighted by molar-refractivity contribution is 8.01. The van der Waals surface area contributed by atoms with Crippen LogP contribution < -0.4 is 5.32 Å². The summed E-state index contributed by atoms with van der Waals surface area (Å²) in [5, 5.41) is 7.28. The van der Waals surface area contributed by atoms with E-state index in [2.05, 4.69) is 10.5 Å². The van der Waals surface area contributed by atoms with E-state index < -0.39 is 6.10 Å². The maximum atomic E-state index is 12.4. The van der Waals surface area contributed by atoms with Crippen molar-refractivity contribution in [3.8, 4) is 0 Å². The molecule has 0 saturated carbocycles. The maximum absolute atomic E-state index is 12.4. The Balaban J connectivity index is 1.84. The van der Waals surface area contributed by atoms with Crippen LogP contribution in [0.5, 0.6) is 0 Å². The molecule has 2 rings (SSSR count).